The summed E-state index contributed by atoms with van der Waals surface area (Å²) in [6.07, 6.45) is 3.95. The molecule has 0 aliphatic carbocycles. The van der Waals surface area contributed by atoms with Gasteiger partial charge in [-0.25, -0.2) is 0 Å². The molecule has 11 heteroatoms. The zero-order valence-corrected chi connectivity index (χ0v) is 21.7. The van der Waals surface area contributed by atoms with Crippen molar-refractivity contribution in [2.24, 2.45) is 5.73 Å². The lowest BCUT2D eigenvalue weighted by molar-refractivity contribution is -0.140. The van der Waals surface area contributed by atoms with Gasteiger partial charge in [-0.1, -0.05) is 0 Å². The Kier molecular flexibility index (Phi) is 8.57. The van der Waals surface area contributed by atoms with E-state index in [0.29, 0.717) is 24.3 Å². The predicted octanol–water partition coefficient (Wildman–Crippen LogP) is 0.398. The Labute approximate surface area is 221 Å². The van der Waals surface area contributed by atoms with Gasteiger partial charge in [-0.2, -0.15) is 0 Å². The van der Waals surface area contributed by atoms with Crippen molar-refractivity contribution in [1.29, 1.82) is 0 Å². The highest BCUT2D eigenvalue weighted by Gasteiger charge is 2.35. The average molecular weight is 523 g/mol. The lowest BCUT2D eigenvalue weighted by Gasteiger charge is -2.28. The highest BCUT2D eigenvalue weighted by Crippen LogP contribution is 2.21. The van der Waals surface area contributed by atoms with Crippen LogP contribution in [0.4, 0.5) is 0 Å². The molecule has 0 saturated carbocycles. The molecule has 3 N–H and O–H groups in total. The molecule has 3 atom stereocenters. The van der Waals surface area contributed by atoms with Crippen LogP contribution in [-0.2, 0) is 20.9 Å². The number of benzene rings is 1. The summed E-state index contributed by atoms with van der Waals surface area (Å²) in [4.78, 5) is 60.9. The molecule has 38 heavy (non-hydrogen) atoms. The first kappa shape index (κ1) is 27.1. The van der Waals surface area contributed by atoms with Crippen LogP contribution in [0.2, 0.25) is 0 Å². The van der Waals surface area contributed by atoms with E-state index in [4.69, 9.17) is 10.5 Å². The van der Waals surface area contributed by atoms with E-state index in [-0.39, 0.29) is 68.3 Å². The number of ether oxygens (including phenoxy) is 1. The summed E-state index contributed by atoms with van der Waals surface area (Å²) in [5.74, 6) is -0.679. The van der Waals surface area contributed by atoms with E-state index < -0.39 is 6.04 Å². The molecule has 3 aliphatic heterocycles. The van der Waals surface area contributed by atoms with Crippen LogP contribution in [0, 0.1) is 0 Å². The minimum atomic E-state index is -0.898. The van der Waals surface area contributed by atoms with E-state index in [1.54, 1.807) is 67.8 Å². The Morgan fingerprint density at radius 3 is 2.50 bits per heavy atom. The number of amides is 4. The van der Waals surface area contributed by atoms with E-state index in [1.165, 1.54) is 9.80 Å². The van der Waals surface area contributed by atoms with Gasteiger partial charge in [0.1, 0.15) is 18.4 Å². The Hall–Kier alpha value is -3.99. The minimum absolute atomic E-state index is 0.0142. The Bertz CT molecular complexity index is 1160. The highest BCUT2D eigenvalue weighted by atomic mass is 16.5. The van der Waals surface area contributed by atoms with Crippen molar-refractivity contribution < 1.29 is 23.9 Å². The van der Waals surface area contributed by atoms with E-state index in [9.17, 15) is 19.2 Å². The number of hydrogen-bond acceptors (Lipinski definition) is 7. The maximum atomic E-state index is 13.3. The molecule has 4 amide bonds. The number of nitrogens with two attached hydrogens (primary N) is 1. The minimum Gasteiger partial charge on any atom is -0.491 e. The van der Waals surface area contributed by atoms with E-state index in [2.05, 4.69) is 10.3 Å². The molecule has 2 aromatic rings. The molecule has 1 aromatic carbocycles. The molecule has 4 heterocycles. The van der Waals surface area contributed by atoms with Crippen LogP contribution >= 0.6 is 0 Å². The van der Waals surface area contributed by atoms with Gasteiger partial charge in [0.15, 0.2) is 0 Å². The molecular formula is C27H34N6O5. The summed E-state index contributed by atoms with van der Waals surface area (Å²) in [7, 11) is 3.11. The molecule has 1 fully saturated rings. The third kappa shape index (κ3) is 6.46. The maximum absolute atomic E-state index is 13.3. The second-order valence-electron chi connectivity index (χ2n) is 9.82. The predicted molar refractivity (Wildman–Crippen MR) is 139 cm³/mol. The van der Waals surface area contributed by atoms with E-state index in [1.807, 2.05) is 0 Å². The maximum Gasteiger partial charge on any atom is 0.254 e. The van der Waals surface area contributed by atoms with Crippen LogP contribution in [-0.4, -0.2) is 95.2 Å². The Morgan fingerprint density at radius 2 is 1.79 bits per heavy atom. The molecule has 202 valence electrons. The van der Waals surface area contributed by atoms with Crippen molar-refractivity contribution >= 4 is 23.6 Å². The standard InChI is InChI=1S/C27H34N6O5/c1-31-16-25(35)33-15-20(28)13-21(33)17-38-22-5-3-19(4-6-22)27(37)32(2)23(7-8-24(31)34)26(36)30-14-18-9-11-29-12-10-18/h3-6,9-12,20-21,23H,7-8,13-17,28H2,1-2H3,(H,30,36)/t20-,21+,23+/m1/s1. The van der Waals surface area contributed by atoms with Crippen LogP contribution in [0.5, 0.6) is 5.75 Å². The largest absolute Gasteiger partial charge is 0.491 e. The van der Waals surface area contributed by atoms with Crippen LogP contribution in [0.3, 0.4) is 0 Å². The molecule has 11 nitrogen and oxygen atoms in total. The normalized spacial score (nSPS) is 23.2. The first-order valence-electron chi connectivity index (χ1n) is 12.7. The number of pyridine rings is 1. The fraction of sp³-hybridized carbons (Fsp3) is 0.444. The van der Waals surface area contributed by atoms with Crippen molar-refractivity contribution in [3.05, 3.63) is 59.9 Å². The van der Waals surface area contributed by atoms with Crippen LogP contribution in [0.15, 0.2) is 48.8 Å². The third-order valence-corrected chi connectivity index (χ3v) is 7.05. The number of nitrogens with zero attached hydrogens (tertiary/aromatic N) is 4. The van der Waals surface area contributed by atoms with E-state index >= 15 is 0 Å². The number of rotatable bonds is 3. The van der Waals surface area contributed by atoms with Gasteiger partial charge < -0.3 is 30.5 Å². The topological polar surface area (TPSA) is 138 Å². The van der Waals surface area contributed by atoms with Crippen molar-refractivity contribution in [2.45, 2.75) is 43.9 Å². The zero-order chi connectivity index (χ0) is 27.2. The first-order chi connectivity index (χ1) is 18.2. The molecule has 0 radical (unpaired) electrons. The summed E-state index contributed by atoms with van der Waals surface area (Å²) < 4.78 is 5.91. The monoisotopic (exact) mass is 522 g/mol. The van der Waals surface area contributed by atoms with Gasteiger partial charge >= 0.3 is 0 Å². The zero-order valence-electron chi connectivity index (χ0n) is 21.7. The number of likely N-dealkylation sites (N-methyl/N-ethyl adjacent to an activating group) is 2. The summed E-state index contributed by atoms with van der Waals surface area (Å²) >= 11 is 0. The van der Waals surface area contributed by atoms with Crippen molar-refractivity contribution in [3.63, 3.8) is 0 Å². The SMILES string of the molecule is CN1CC(=O)N2C[C@H](N)C[C@H]2COc2ccc(cc2)C(=O)N(C)[C@H](C(=O)NCc2ccncc2)CCC1=O. The van der Waals surface area contributed by atoms with Gasteiger partial charge in [0.25, 0.3) is 5.91 Å². The fourth-order valence-electron chi connectivity index (χ4n) is 4.79. The number of fused-ring (bicyclic) bond motifs is 11. The molecular weight excluding hydrogens is 488 g/mol. The van der Waals surface area contributed by atoms with Gasteiger partial charge in [0.2, 0.25) is 17.7 Å². The smallest absolute Gasteiger partial charge is 0.254 e. The third-order valence-electron chi connectivity index (χ3n) is 7.05. The molecule has 5 rings (SSSR count). The molecule has 2 bridgehead atoms. The summed E-state index contributed by atoms with van der Waals surface area (Å²) in [6, 6.07) is 8.96. The molecule has 0 unspecified atom stereocenters. The number of carbonyl (C=O) groups excluding carboxylic acids is 4. The van der Waals surface area contributed by atoms with Gasteiger partial charge in [-0.05, 0) is 54.8 Å². The fourth-order valence-corrected chi connectivity index (χ4v) is 4.79. The lowest BCUT2D eigenvalue weighted by Crippen LogP contribution is -2.48. The van der Waals surface area contributed by atoms with Crippen molar-refractivity contribution in [2.75, 3.05) is 33.8 Å². The highest BCUT2D eigenvalue weighted by molar-refractivity contribution is 5.97. The number of hydrogen-bond donors (Lipinski definition) is 2. The summed E-state index contributed by atoms with van der Waals surface area (Å²) in [6.45, 7) is 0.800. The molecule has 1 saturated heterocycles. The van der Waals surface area contributed by atoms with Gasteiger partial charge in [0.05, 0.1) is 12.6 Å². The summed E-state index contributed by atoms with van der Waals surface area (Å²) in [5, 5.41) is 2.86. The van der Waals surface area contributed by atoms with E-state index in [0.717, 1.165) is 5.56 Å². The number of carbonyl (C=O) groups is 4. The Morgan fingerprint density at radius 1 is 1.08 bits per heavy atom. The van der Waals surface area contributed by atoms with Gasteiger partial charge in [0, 0.05) is 57.6 Å². The molecule has 3 aliphatic rings. The van der Waals surface area contributed by atoms with Crippen LogP contribution in [0.25, 0.3) is 0 Å². The van der Waals surface area contributed by atoms with Crippen LogP contribution in [0.1, 0.15) is 35.2 Å². The summed E-state index contributed by atoms with van der Waals surface area (Å²) in [5.41, 5.74) is 7.37. The van der Waals surface area contributed by atoms with Crippen LogP contribution < -0.4 is 15.8 Å². The van der Waals surface area contributed by atoms with Crippen molar-refractivity contribution in [1.82, 2.24) is 25.0 Å². The second-order valence-corrected chi connectivity index (χ2v) is 9.82. The first-order valence-corrected chi connectivity index (χ1v) is 12.7. The molecule has 1 aromatic heterocycles. The number of nitrogens with one attached hydrogen (secondary N) is 1. The second kappa shape index (κ2) is 12.0. The lowest BCUT2D eigenvalue weighted by atomic mass is 10.1. The van der Waals surface area contributed by atoms with Crippen molar-refractivity contribution in [3.8, 4) is 5.75 Å². The Balaban J connectivity index is 1.56. The molecule has 0 spiro atoms. The number of aromatic nitrogens is 1. The van der Waals surface area contributed by atoms with Gasteiger partial charge in [-0.3, -0.25) is 24.2 Å². The quantitative estimate of drug-likeness (QED) is 0.595. The average Bonchev–Trinajstić information content (AvgIpc) is 3.31. The van der Waals surface area contributed by atoms with Gasteiger partial charge in [-0.15, -0.1) is 0 Å².